The molecule has 5 rings (SSSR count). The minimum Gasteiger partial charge on any atom is -0.491 e. The largest absolute Gasteiger partial charge is 0.491 e. The van der Waals surface area contributed by atoms with Gasteiger partial charge in [-0.05, 0) is 40.6 Å². The zero-order chi connectivity index (χ0) is 25.9. The molecule has 0 radical (unpaired) electrons. The molecule has 0 saturated carbocycles. The molecule has 5 aromatic rings. The second-order valence-corrected chi connectivity index (χ2v) is 7.87. The summed E-state index contributed by atoms with van der Waals surface area (Å²) < 4.78 is 123. The fourth-order valence-electron chi connectivity index (χ4n) is 4.45. The smallest absolute Gasteiger partial charge is 0.204 e. The van der Waals surface area contributed by atoms with Crippen LogP contribution in [0.3, 0.4) is 0 Å². The number of ether oxygens (including phenoxy) is 1. The van der Waals surface area contributed by atoms with Crippen molar-refractivity contribution < 1.29 is 39.9 Å². The van der Waals surface area contributed by atoms with Crippen LogP contribution in [-0.4, -0.2) is 7.11 Å². The van der Waals surface area contributed by atoms with Crippen LogP contribution in [-0.2, 0) is 0 Å². The maximum absolute atomic E-state index is 15.3. The lowest BCUT2D eigenvalue weighted by Crippen LogP contribution is -2.05. The SMILES string of the molecule is COc1c(F)c(F)c(-c2c3ccccc3c(-c3ccc(F)c(F)c3)c3c(F)ccc(F)c23)c(F)c1F. The molecule has 0 N–H and O–H groups in total. The first-order valence-corrected chi connectivity index (χ1v) is 10.4. The number of rotatable bonds is 3. The molecule has 0 unspecified atom stereocenters. The summed E-state index contributed by atoms with van der Waals surface area (Å²) in [6.07, 6.45) is 0. The van der Waals surface area contributed by atoms with Crippen molar-refractivity contribution in [2.45, 2.75) is 0 Å². The average molecular weight is 504 g/mol. The number of benzene rings is 5. The summed E-state index contributed by atoms with van der Waals surface area (Å²) in [6, 6.07) is 9.58. The highest BCUT2D eigenvalue weighted by atomic mass is 19.2. The quantitative estimate of drug-likeness (QED) is 0.136. The van der Waals surface area contributed by atoms with E-state index in [0.29, 0.717) is 6.07 Å². The minimum atomic E-state index is -1.89. The first-order chi connectivity index (χ1) is 17.2. The van der Waals surface area contributed by atoms with Gasteiger partial charge in [0.05, 0.1) is 12.7 Å². The second-order valence-electron chi connectivity index (χ2n) is 7.87. The topological polar surface area (TPSA) is 9.23 Å². The summed E-state index contributed by atoms with van der Waals surface area (Å²) in [5.41, 5.74) is -2.14. The Morgan fingerprint density at radius 1 is 0.500 bits per heavy atom. The summed E-state index contributed by atoms with van der Waals surface area (Å²) in [6.45, 7) is 0. The second kappa shape index (κ2) is 8.51. The van der Waals surface area contributed by atoms with Gasteiger partial charge in [-0.25, -0.2) is 26.3 Å². The van der Waals surface area contributed by atoms with Crippen molar-refractivity contribution in [3.63, 3.8) is 0 Å². The van der Waals surface area contributed by atoms with E-state index in [-0.39, 0.29) is 21.9 Å². The standard InChI is InChI=1S/C27H12F8O/c1-36-27-25(34)23(32)22(24(33)26(27)35)19-13-5-3-2-4-12(13)18(11-6-7-14(28)17(31)10-11)20-15(29)8-9-16(30)21(19)20/h2-10H,1H3. The Kier molecular flexibility index (Phi) is 5.58. The summed E-state index contributed by atoms with van der Waals surface area (Å²) >= 11 is 0. The van der Waals surface area contributed by atoms with Gasteiger partial charge in [0.25, 0.3) is 0 Å². The Labute approximate surface area is 198 Å². The van der Waals surface area contributed by atoms with Gasteiger partial charge in [0.15, 0.2) is 29.0 Å². The molecular formula is C27H12F8O. The molecule has 0 aliphatic heterocycles. The van der Waals surface area contributed by atoms with Crippen LogP contribution in [0.4, 0.5) is 35.1 Å². The van der Waals surface area contributed by atoms with Gasteiger partial charge in [-0.15, -0.1) is 0 Å². The first-order valence-electron chi connectivity index (χ1n) is 10.4. The van der Waals surface area contributed by atoms with Gasteiger partial charge in [0, 0.05) is 21.9 Å². The Hall–Kier alpha value is -4.14. The van der Waals surface area contributed by atoms with E-state index in [1.165, 1.54) is 24.3 Å². The molecule has 0 aliphatic carbocycles. The third-order valence-electron chi connectivity index (χ3n) is 5.95. The molecule has 0 bridgehead atoms. The number of hydrogen-bond donors (Lipinski definition) is 0. The van der Waals surface area contributed by atoms with Crippen molar-refractivity contribution in [2.24, 2.45) is 0 Å². The third kappa shape index (κ3) is 3.30. The Balaban J connectivity index is 2.09. The van der Waals surface area contributed by atoms with Gasteiger partial charge in [-0.1, -0.05) is 30.3 Å². The van der Waals surface area contributed by atoms with E-state index in [1.807, 2.05) is 0 Å². The minimum absolute atomic E-state index is 0.0333. The van der Waals surface area contributed by atoms with Crippen LogP contribution in [0, 0.1) is 46.5 Å². The molecule has 5 aromatic carbocycles. The van der Waals surface area contributed by atoms with E-state index in [9.17, 15) is 17.6 Å². The predicted molar refractivity (Wildman–Crippen MR) is 119 cm³/mol. The summed E-state index contributed by atoms with van der Waals surface area (Å²) in [5, 5.41) is -1.36. The highest BCUT2D eigenvalue weighted by Gasteiger charge is 2.31. The fraction of sp³-hybridized carbons (Fsp3) is 0.0370. The van der Waals surface area contributed by atoms with Gasteiger partial charge >= 0.3 is 0 Å². The van der Waals surface area contributed by atoms with E-state index in [0.717, 1.165) is 31.4 Å². The molecule has 0 fully saturated rings. The van der Waals surface area contributed by atoms with Crippen molar-refractivity contribution >= 4 is 21.5 Å². The zero-order valence-corrected chi connectivity index (χ0v) is 18.1. The molecule has 0 aromatic heterocycles. The van der Waals surface area contributed by atoms with Crippen LogP contribution < -0.4 is 4.74 Å². The van der Waals surface area contributed by atoms with Gasteiger partial charge in [-0.2, -0.15) is 8.78 Å². The molecule has 0 atom stereocenters. The third-order valence-corrected chi connectivity index (χ3v) is 5.95. The van der Waals surface area contributed by atoms with Gasteiger partial charge in [0.1, 0.15) is 11.6 Å². The maximum Gasteiger partial charge on any atom is 0.204 e. The van der Waals surface area contributed by atoms with Crippen LogP contribution in [0.5, 0.6) is 5.75 Å². The summed E-state index contributed by atoms with van der Waals surface area (Å²) in [5.74, 6) is -13.6. The summed E-state index contributed by atoms with van der Waals surface area (Å²) in [7, 11) is 0.802. The van der Waals surface area contributed by atoms with Crippen LogP contribution in [0.15, 0.2) is 54.6 Å². The number of methoxy groups -OCH3 is 1. The number of fused-ring (bicyclic) bond motifs is 2. The average Bonchev–Trinajstić information content (AvgIpc) is 2.87. The van der Waals surface area contributed by atoms with Gasteiger partial charge in [-0.3, -0.25) is 0 Å². The van der Waals surface area contributed by atoms with E-state index in [1.54, 1.807) is 0 Å². The molecule has 0 aliphatic rings. The number of hydrogen-bond acceptors (Lipinski definition) is 1. The molecule has 36 heavy (non-hydrogen) atoms. The molecule has 0 amide bonds. The highest BCUT2D eigenvalue weighted by molar-refractivity contribution is 6.21. The molecule has 0 spiro atoms. The van der Waals surface area contributed by atoms with E-state index < -0.39 is 74.2 Å². The molecular weight excluding hydrogens is 492 g/mol. The highest BCUT2D eigenvalue weighted by Crippen LogP contribution is 2.48. The van der Waals surface area contributed by atoms with Crippen molar-refractivity contribution in [1.82, 2.24) is 0 Å². The molecule has 182 valence electrons. The fourth-order valence-corrected chi connectivity index (χ4v) is 4.45. The van der Waals surface area contributed by atoms with E-state index >= 15 is 17.6 Å². The lowest BCUT2D eigenvalue weighted by atomic mass is 9.85. The molecule has 0 saturated heterocycles. The van der Waals surface area contributed by atoms with E-state index in [2.05, 4.69) is 4.74 Å². The lowest BCUT2D eigenvalue weighted by Gasteiger charge is -2.20. The Morgan fingerprint density at radius 2 is 1.00 bits per heavy atom. The Bertz CT molecular complexity index is 1680. The lowest BCUT2D eigenvalue weighted by molar-refractivity contribution is 0.334. The maximum atomic E-state index is 15.3. The van der Waals surface area contributed by atoms with Crippen LogP contribution in [0.25, 0.3) is 43.8 Å². The van der Waals surface area contributed by atoms with Crippen molar-refractivity contribution in [2.75, 3.05) is 7.11 Å². The van der Waals surface area contributed by atoms with Crippen LogP contribution >= 0.6 is 0 Å². The van der Waals surface area contributed by atoms with Gasteiger partial charge in [0.2, 0.25) is 11.6 Å². The molecule has 9 heteroatoms. The van der Waals surface area contributed by atoms with E-state index in [4.69, 9.17) is 0 Å². The molecule has 1 nitrogen and oxygen atoms in total. The van der Waals surface area contributed by atoms with Crippen LogP contribution in [0.1, 0.15) is 0 Å². The first kappa shape index (κ1) is 23.6. The van der Waals surface area contributed by atoms with Gasteiger partial charge < -0.3 is 4.74 Å². The monoisotopic (exact) mass is 504 g/mol. The Morgan fingerprint density at radius 3 is 1.53 bits per heavy atom. The van der Waals surface area contributed by atoms with Crippen molar-refractivity contribution in [3.8, 4) is 28.0 Å². The normalized spacial score (nSPS) is 11.5. The zero-order valence-electron chi connectivity index (χ0n) is 18.1. The van der Waals surface area contributed by atoms with Crippen molar-refractivity contribution in [1.29, 1.82) is 0 Å². The molecule has 0 heterocycles. The summed E-state index contributed by atoms with van der Waals surface area (Å²) in [4.78, 5) is 0. The van der Waals surface area contributed by atoms with Crippen molar-refractivity contribution in [3.05, 3.63) is 101 Å². The van der Waals surface area contributed by atoms with Crippen LogP contribution in [0.2, 0.25) is 0 Å². The number of halogens is 8. The predicted octanol–water partition coefficient (Wildman–Crippen LogP) is 8.45.